The maximum Gasteiger partial charge on any atom is 0.250 e. The molecule has 1 fully saturated rings. The molecule has 1 aliphatic carbocycles. The first-order valence-electron chi connectivity index (χ1n) is 12.2. The van der Waals surface area contributed by atoms with E-state index in [1.165, 1.54) is 16.0 Å². The number of nitrogens with one attached hydrogen (secondary N) is 1. The molecule has 0 bridgehead atoms. The van der Waals surface area contributed by atoms with E-state index >= 15 is 0 Å². The molecule has 0 radical (unpaired) electrons. The lowest BCUT2D eigenvalue weighted by molar-refractivity contribution is -0.143. The van der Waals surface area contributed by atoms with E-state index in [0.29, 0.717) is 27.9 Å². The fourth-order valence-electron chi connectivity index (χ4n) is 4.53. The Hall–Kier alpha value is -3.92. The lowest BCUT2D eigenvalue weighted by atomic mass is 10.1. The molecule has 0 spiro atoms. The summed E-state index contributed by atoms with van der Waals surface area (Å²) in [5.74, 6) is 1.08. The highest BCUT2D eigenvalue weighted by atomic mass is 35.5. The van der Waals surface area contributed by atoms with Gasteiger partial charge in [-0.3, -0.25) is 9.59 Å². The van der Waals surface area contributed by atoms with Gasteiger partial charge in [0, 0.05) is 17.6 Å². The maximum atomic E-state index is 13.8. The number of hydrogen-bond acceptors (Lipinski definition) is 7. The van der Waals surface area contributed by atoms with Crippen LogP contribution in [0.2, 0.25) is 5.02 Å². The Morgan fingerprint density at radius 2 is 1.97 bits per heavy atom. The van der Waals surface area contributed by atoms with Gasteiger partial charge in [-0.15, -0.1) is 10.2 Å². The molecular weight excluding hydrogens is 496 g/mol. The van der Waals surface area contributed by atoms with Crippen LogP contribution in [0.3, 0.4) is 0 Å². The predicted molar refractivity (Wildman–Crippen MR) is 134 cm³/mol. The molecule has 192 valence electrons. The third-order valence-corrected chi connectivity index (χ3v) is 6.75. The highest BCUT2D eigenvalue weighted by molar-refractivity contribution is 6.31. The van der Waals surface area contributed by atoms with Crippen molar-refractivity contribution in [3.63, 3.8) is 0 Å². The Morgan fingerprint density at radius 1 is 1.16 bits per heavy atom. The molecule has 3 aromatic heterocycles. The van der Waals surface area contributed by atoms with Crippen LogP contribution in [0.4, 0.5) is 0 Å². The van der Waals surface area contributed by atoms with Crippen LogP contribution in [-0.4, -0.2) is 43.0 Å². The van der Waals surface area contributed by atoms with Crippen molar-refractivity contribution in [1.82, 2.24) is 30.4 Å². The number of rotatable bonds is 9. The molecule has 0 aliphatic heterocycles. The first-order valence-corrected chi connectivity index (χ1v) is 12.6. The molecule has 37 heavy (non-hydrogen) atoms. The second kappa shape index (κ2) is 11.0. The SMILES string of the molecule is Cc1ccc(-c2nnn(CC(=O)N(Cc3ccccc3Cl)[C@@H](C(=O)NC3CCCC3)c3ccco3)n2)o1. The van der Waals surface area contributed by atoms with Gasteiger partial charge in [-0.1, -0.05) is 42.6 Å². The van der Waals surface area contributed by atoms with Gasteiger partial charge in [-0.2, -0.15) is 4.80 Å². The van der Waals surface area contributed by atoms with E-state index in [-0.39, 0.29) is 30.9 Å². The standard InChI is InChI=1S/C26H27ClN6O4/c1-17-12-13-22(37-17)25-29-31-33(30-25)16-23(34)32(15-18-7-2-5-10-20(18)27)24(21-11-6-14-36-21)26(35)28-19-8-3-4-9-19/h2,5-7,10-14,19,24H,3-4,8-9,15-16H2,1H3,(H,28,35)/t24-/m1/s1. The molecule has 1 saturated carbocycles. The van der Waals surface area contributed by atoms with E-state index in [9.17, 15) is 9.59 Å². The number of carbonyl (C=O) groups is 2. The lowest BCUT2D eigenvalue weighted by Gasteiger charge is -2.31. The van der Waals surface area contributed by atoms with Crippen molar-refractivity contribution in [2.75, 3.05) is 0 Å². The average Bonchev–Trinajstić information content (AvgIpc) is 3.69. The quantitative estimate of drug-likeness (QED) is 0.347. The Morgan fingerprint density at radius 3 is 2.68 bits per heavy atom. The van der Waals surface area contributed by atoms with Gasteiger partial charge >= 0.3 is 0 Å². The molecule has 5 rings (SSSR count). The van der Waals surface area contributed by atoms with E-state index in [1.807, 2.05) is 25.1 Å². The van der Waals surface area contributed by atoms with Crippen LogP contribution < -0.4 is 5.32 Å². The zero-order valence-electron chi connectivity index (χ0n) is 20.3. The molecule has 11 heteroatoms. The summed E-state index contributed by atoms with van der Waals surface area (Å²) < 4.78 is 11.2. The third kappa shape index (κ3) is 5.75. The molecular formula is C26H27ClN6O4. The van der Waals surface area contributed by atoms with Crippen molar-refractivity contribution in [2.24, 2.45) is 0 Å². The number of benzene rings is 1. The monoisotopic (exact) mass is 522 g/mol. The summed E-state index contributed by atoms with van der Waals surface area (Å²) in [6.45, 7) is 1.65. The van der Waals surface area contributed by atoms with Crippen molar-refractivity contribution >= 4 is 23.4 Å². The molecule has 1 aromatic carbocycles. The van der Waals surface area contributed by atoms with Crippen LogP contribution in [0.5, 0.6) is 0 Å². The summed E-state index contributed by atoms with van der Waals surface area (Å²) in [6, 6.07) is 13.2. The number of furan rings is 2. The number of tetrazole rings is 1. The van der Waals surface area contributed by atoms with Crippen LogP contribution in [0.25, 0.3) is 11.6 Å². The van der Waals surface area contributed by atoms with Gasteiger partial charge in [0.05, 0.1) is 6.26 Å². The molecule has 2 amide bonds. The van der Waals surface area contributed by atoms with Crippen molar-refractivity contribution in [3.8, 4) is 11.6 Å². The van der Waals surface area contributed by atoms with Gasteiger partial charge in [0.25, 0.3) is 5.91 Å². The van der Waals surface area contributed by atoms with Crippen LogP contribution in [-0.2, 0) is 22.7 Å². The average molecular weight is 523 g/mol. The second-order valence-electron chi connectivity index (χ2n) is 9.07. The van der Waals surface area contributed by atoms with Crippen molar-refractivity contribution in [3.05, 3.63) is 76.9 Å². The zero-order valence-corrected chi connectivity index (χ0v) is 21.1. The number of nitrogens with zero attached hydrogens (tertiary/aromatic N) is 5. The Bertz CT molecular complexity index is 1360. The second-order valence-corrected chi connectivity index (χ2v) is 9.48. The number of aromatic nitrogens is 4. The fraction of sp³-hybridized carbons (Fsp3) is 0.346. The van der Waals surface area contributed by atoms with Crippen molar-refractivity contribution in [2.45, 2.75) is 57.8 Å². The van der Waals surface area contributed by atoms with E-state index in [1.54, 1.807) is 30.3 Å². The fourth-order valence-corrected chi connectivity index (χ4v) is 4.73. The summed E-state index contributed by atoms with van der Waals surface area (Å²) in [7, 11) is 0. The van der Waals surface area contributed by atoms with Crippen molar-refractivity contribution < 1.29 is 18.4 Å². The van der Waals surface area contributed by atoms with E-state index in [2.05, 4.69) is 20.7 Å². The summed E-state index contributed by atoms with van der Waals surface area (Å²) in [4.78, 5) is 30.0. The minimum Gasteiger partial charge on any atom is -0.467 e. The predicted octanol–water partition coefficient (Wildman–Crippen LogP) is 4.32. The van der Waals surface area contributed by atoms with Gasteiger partial charge in [-0.25, -0.2) is 0 Å². The van der Waals surface area contributed by atoms with E-state index < -0.39 is 11.9 Å². The molecule has 0 saturated heterocycles. The molecule has 1 aliphatic rings. The van der Waals surface area contributed by atoms with Gasteiger partial charge in [0.15, 0.2) is 11.8 Å². The number of hydrogen-bond donors (Lipinski definition) is 1. The highest BCUT2D eigenvalue weighted by Gasteiger charge is 2.35. The third-order valence-electron chi connectivity index (χ3n) is 6.38. The van der Waals surface area contributed by atoms with Gasteiger partial charge in [0.2, 0.25) is 11.7 Å². The molecule has 3 heterocycles. The normalized spacial score (nSPS) is 14.5. The van der Waals surface area contributed by atoms with Crippen molar-refractivity contribution in [1.29, 1.82) is 0 Å². The number of carbonyl (C=O) groups excluding carboxylic acids is 2. The maximum absolute atomic E-state index is 13.8. The molecule has 10 nitrogen and oxygen atoms in total. The molecule has 4 aromatic rings. The van der Waals surface area contributed by atoms with E-state index in [0.717, 1.165) is 25.7 Å². The number of aryl methyl sites for hydroxylation is 1. The van der Waals surface area contributed by atoms with E-state index in [4.69, 9.17) is 20.4 Å². The smallest absolute Gasteiger partial charge is 0.250 e. The minimum absolute atomic E-state index is 0.0681. The first kappa shape index (κ1) is 24.8. The van der Waals surface area contributed by atoms with Gasteiger partial charge in [-0.05, 0) is 60.9 Å². The summed E-state index contributed by atoms with van der Waals surface area (Å²) >= 11 is 6.44. The van der Waals surface area contributed by atoms with Crippen LogP contribution in [0, 0.1) is 6.92 Å². The summed E-state index contributed by atoms with van der Waals surface area (Å²) in [6.07, 6.45) is 5.43. The number of halogens is 1. The minimum atomic E-state index is -1.00. The van der Waals surface area contributed by atoms with Crippen LogP contribution in [0.15, 0.2) is 63.6 Å². The lowest BCUT2D eigenvalue weighted by Crippen LogP contribution is -2.46. The summed E-state index contributed by atoms with van der Waals surface area (Å²) in [5.41, 5.74) is 0.695. The van der Waals surface area contributed by atoms with Crippen LogP contribution >= 0.6 is 11.6 Å². The zero-order chi connectivity index (χ0) is 25.8. The van der Waals surface area contributed by atoms with Gasteiger partial charge < -0.3 is 19.1 Å². The van der Waals surface area contributed by atoms with Gasteiger partial charge in [0.1, 0.15) is 18.1 Å². The topological polar surface area (TPSA) is 119 Å². The Kier molecular flexibility index (Phi) is 7.36. The Labute approximate surface area is 218 Å². The van der Waals surface area contributed by atoms with Crippen LogP contribution in [0.1, 0.15) is 48.8 Å². The molecule has 1 N–H and O–H groups in total. The summed E-state index contributed by atoms with van der Waals surface area (Å²) in [5, 5.41) is 15.9. The highest BCUT2D eigenvalue weighted by Crippen LogP contribution is 2.28. The first-order chi connectivity index (χ1) is 18.0. The molecule has 0 unspecified atom stereocenters. The largest absolute Gasteiger partial charge is 0.467 e. The molecule has 1 atom stereocenters. The number of amides is 2. The Balaban J connectivity index is 1.45.